The lowest BCUT2D eigenvalue weighted by molar-refractivity contribution is -0.0211. The molecule has 0 saturated carbocycles. The van der Waals surface area contributed by atoms with Gasteiger partial charge in [0, 0.05) is 25.6 Å². The molecule has 5 heteroatoms. The van der Waals surface area contributed by atoms with Gasteiger partial charge in [0.1, 0.15) is 11.4 Å². The number of nitrogens with zero attached hydrogens (tertiary/aromatic N) is 1. The SMILES string of the molecule is O=C1OC2(CCCNC2)CCN1c1cccc(O)c1. The van der Waals surface area contributed by atoms with Gasteiger partial charge in [0.2, 0.25) is 0 Å². The number of benzene rings is 1. The first-order valence-corrected chi connectivity index (χ1v) is 6.69. The number of anilines is 1. The topological polar surface area (TPSA) is 61.8 Å². The quantitative estimate of drug-likeness (QED) is 0.811. The highest BCUT2D eigenvalue weighted by atomic mass is 16.6. The average Bonchev–Trinajstić information content (AvgIpc) is 2.39. The van der Waals surface area contributed by atoms with Gasteiger partial charge in [-0.1, -0.05) is 6.07 Å². The Morgan fingerprint density at radius 3 is 2.95 bits per heavy atom. The Labute approximate surface area is 112 Å². The number of rotatable bonds is 1. The number of ether oxygens (including phenoxy) is 1. The first kappa shape index (κ1) is 12.3. The molecule has 1 aromatic rings. The van der Waals surface area contributed by atoms with Gasteiger partial charge >= 0.3 is 6.09 Å². The van der Waals surface area contributed by atoms with E-state index in [4.69, 9.17) is 4.74 Å². The Hall–Kier alpha value is -1.75. The highest BCUT2D eigenvalue weighted by Gasteiger charge is 2.41. The summed E-state index contributed by atoms with van der Waals surface area (Å²) in [4.78, 5) is 13.8. The van der Waals surface area contributed by atoms with E-state index in [0.717, 1.165) is 32.4 Å². The number of piperidine rings is 1. The summed E-state index contributed by atoms with van der Waals surface area (Å²) >= 11 is 0. The number of aromatic hydroxyl groups is 1. The Bertz CT molecular complexity index is 483. The number of amides is 1. The molecular weight excluding hydrogens is 244 g/mol. The van der Waals surface area contributed by atoms with E-state index in [1.165, 1.54) is 0 Å². The molecule has 2 fully saturated rings. The Balaban J connectivity index is 1.76. The van der Waals surface area contributed by atoms with Gasteiger partial charge in [-0.3, -0.25) is 4.90 Å². The lowest BCUT2D eigenvalue weighted by Gasteiger charge is -2.43. The maximum Gasteiger partial charge on any atom is 0.414 e. The van der Waals surface area contributed by atoms with E-state index in [9.17, 15) is 9.90 Å². The number of carbonyl (C=O) groups is 1. The van der Waals surface area contributed by atoms with Crippen LogP contribution in [0, 0.1) is 0 Å². The summed E-state index contributed by atoms with van der Waals surface area (Å²) in [5, 5.41) is 12.8. The Morgan fingerprint density at radius 2 is 2.26 bits per heavy atom. The molecule has 1 aromatic carbocycles. The fourth-order valence-corrected chi connectivity index (χ4v) is 2.83. The van der Waals surface area contributed by atoms with Crippen LogP contribution in [0.5, 0.6) is 5.75 Å². The van der Waals surface area contributed by atoms with Crippen molar-refractivity contribution in [3.05, 3.63) is 24.3 Å². The lowest BCUT2D eigenvalue weighted by Crippen LogP contribution is -2.56. The first-order valence-electron chi connectivity index (χ1n) is 6.69. The highest BCUT2D eigenvalue weighted by Crippen LogP contribution is 2.32. The number of hydrogen-bond donors (Lipinski definition) is 2. The first-order chi connectivity index (χ1) is 9.19. The number of phenolic OH excluding ortho intramolecular Hbond substituents is 1. The number of phenols is 1. The van der Waals surface area contributed by atoms with E-state index >= 15 is 0 Å². The van der Waals surface area contributed by atoms with E-state index in [2.05, 4.69) is 5.32 Å². The predicted molar refractivity (Wildman–Crippen MR) is 71.4 cm³/mol. The third-order valence-electron chi connectivity index (χ3n) is 3.89. The second-order valence-electron chi connectivity index (χ2n) is 5.25. The molecule has 1 unspecified atom stereocenters. The molecule has 0 aliphatic carbocycles. The van der Waals surface area contributed by atoms with Crippen LogP contribution in [-0.2, 0) is 4.74 Å². The van der Waals surface area contributed by atoms with Crippen LogP contribution >= 0.6 is 0 Å². The van der Waals surface area contributed by atoms with Crippen LogP contribution in [-0.4, -0.2) is 36.4 Å². The minimum absolute atomic E-state index is 0.157. The van der Waals surface area contributed by atoms with E-state index in [1.54, 1.807) is 29.2 Å². The van der Waals surface area contributed by atoms with Crippen LogP contribution in [0.25, 0.3) is 0 Å². The maximum atomic E-state index is 12.2. The van der Waals surface area contributed by atoms with E-state index in [-0.39, 0.29) is 17.4 Å². The minimum atomic E-state index is -0.331. The third kappa shape index (κ3) is 2.38. The third-order valence-corrected chi connectivity index (χ3v) is 3.89. The van der Waals surface area contributed by atoms with E-state index in [0.29, 0.717) is 12.2 Å². The van der Waals surface area contributed by atoms with Gasteiger partial charge in [0.15, 0.2) is 0 Å². The monoisotopic (exact) mass is 262 g/mol. The Kier molecular flexibility index (Phi) is 3.06. The van der Waals surface area contributed by atoms with Crippen molar-refractivity contribution in [2.75, 3.05) is 24.5 Å². The van der Waals surface area contributed by atoms with Crippen molar-refractivity contribution in [3.63, 3.8) is 0 Å². The second kappa shape index (κ2) is 4.74. The number of hydrogen-bond acceptors (Lipinski definition) is 4. The largest absolute Gasteiger partial charge is 0.508 e. The van der Waals surface area contributed by atoms with Gasteiger partial charge in [-0.2, -0.15) is 0 Å². The molecular formula is C14H18N2O3. The van der Waals surface area contributed by atoms with E-state index < -0.39 is 0 Å². The van der Waals surface area contributed by atoms with Crippen molar-refractivity contribution in [1.82, 2.24) is 5.32 Å². The van der Waals surface area contributed by atoms with E-state index in [1.807, 2.05) is 0 Å². The molecule has 102 valence electrons. The maximum absolute atomic E-state index is 12.2. The molecule has 0 radical (unpaired) electrons. The molecule has 5 nitrogen and oxygen atoms in total. The summed E-state index contributed by atoms with van der Waals surface area (Å²) in [6.07, 6.45) is 2.47. The summed E-state index contributed by atoms with van der Waals surface area (Å²) < 4.78 is 5.66. The van der Waals surface area contributed by atoms with Gasteiger partial charge in [-0.15, -0.1) is 0 Å². The fraction of sp³-hybridized carbons (Fsp3) is 0.500. The molecule has 0 bridgehead atoms. The number of carbonyl (C=O) groups excluding carboxylic acids is 1. The standard InChI is InChI=1S/C14H18N2O3/c17-12-4-1-3-11(9-12)16-8-6-14(19-13(16)18)5-2-7-15-10-14/h1,3-4,9,15,17H,2,5-8,10H2. The molecule has 0 aromatic heterocycles. The lowest BCUT2D eigenvalue weighted by atomic mass is 9.89. The molecule has 2 saturated heterocycles. The normalized spacial score (nSPS) is 27.4. The van der Waals surface area contributed by atoms with Crippen molar-refractivity contribution in [2.45, 2.75) is 24.9 Å². The van der Waals surface area contributed by atoms with Crippen molar-refractivity contribution < 1.29 is 14.6 Å². The zero-order valence-corrected chi connectivity index (χ0v) is 10.8. The van der Waals surface area contributed by atoms with Crippen LogP contribution in [0.4, 0.5) is 10.5 Å². The molecule has 2 aliphatic rings. The highest BCUT2D eigenvalue weighted by molar-refractivity contribution is 5.88. The van der Waals surface area contributed by atoms with Gasteiger partial charge < -0.3 is 15.2 Å². The molecule has 1 spiro atoms. The molecule has 1 amide bonds. The molecule has 3 rings (SSSR count). The van der Waals surface area contributed by atoms with Gasteiger partial charge in [0.05, 0.1) is 5.69 Å². The summed E-state index contributed by atoms with van der Waals surface area (Å²) in [6, 6.07) is 6.70. The Morgan fingerprint density at radius 1 is 1.37 bits per heavy atom. The smallest absolute Gasteiger partial charge is 0.414 e. The van der Waals surface area contributed by atoms with Gasteiger partial charge in [-0.25, -0.2) is 4.79 Å². The summed E-state index contributed by atoms with van der Waals surface area (Å²) in [5.41, 5.74) is 0.353. The van der Waals surface area contributed by atoms with Gasteiger partial charge in [-0.05, 0) is 31.5 Å². The average molecular weight is 262 g/mol. The molecule has 2 heterocycles. The van der Waals surface area contributed by atoms with Crippen LogP contribution in [0.3, 0.4) is 0 Å². The van der Waals surface area contributed by atoms with Crippen molar-refractivity contribution in [2.24, 2.45) is 0 Å². The van der Waals surface area contributed by atoms with Gasteiger partial charge in [0.25, 0.3) is 0 Å². The number of nitrogens with one attached hydrogen (secondary N) is 1. The predicted octanol–water partition coefficient (Wildman–Crippen LogP) is 1.86. The second-order valence-corrected chi connectivity index (χ2v) is 5.25. The summed E-state index contributed by atoms with van der Waals surface area (Å²) in [7, 11) is 0. The molecule has 19 heavy (non-hydrogen) atoms. The van der Waals surface area contributed by atoms with Crippen LogP contribution in [0.2, 0.25) is 0 Å². The van der Waals surface area contributed by atoms with Crippen molar-refractivity contribution in [3.8, 4) is 5.75 Å². The molecule has 2 N–H and O–H groups in total. The minimum Gasteiger partial charge on any atom is -0.508 e. The summed E-state index contributed by atoms with van der Waals surface area (Å²) in [5.74, 6) is 0.157. The van der Waals surface area contributed by atoms with Crippen LogP contribution < -0.4 is 10.2 Å². The molecule has 2 aliphatic heterocycles. The van der Waals surface area contributed by atoms with Crippen LogP contribution in [0.15, 0.2) is 24.3 Å². The van der Waals surface area contributed by atoms with Crippen LogP contribution in [0.1, 0.15) is 19.3 Å². The molecule has 1 atom stereocenters. The van der Waals surface area contributed by atoms with Crippen molar-refractivity contribution >= 4 is 11.8 Å². The van der Waals surface area contributed by atoms with Crippen molar-refractivity contribution in [1.29, 1.82) is 0 Å². The zero-order chi connectivity index (χ0) is 13.3. The summed E-state index contributed by atoms with van der Waals surface area (Å²) in [6.45, 7) is 2.37. The zero-order valence-electron chi connectivity index (χ0n) is 10.8. The fourth-order valence-electron chi connectivity index (χ4n) is 2.83.